The molecule has 0 spiro atoms. The van der Waals surface area contributed by atoms with Crippen LogP contribution in [0.25, 0.3) is 0 Å². The van der Waals surface area contributed by atoms with E-state index in [0.29, 0.717) is 0 Å². The van der Waals surface area contributed by atoms with Crippen molar-refractivity contribution in [2.24, 2.45) is 5.84 Å². The van der Waals surface area contributed by atoms with Crippen molar-refractivity contribution < 1.29 is 4.79 Å². The number of carbonyl (C=O) groups is 1. The third kappa shape index (κ3) is 3.85. The molecule has 0 amide bonds. The van der Waals surface area contributed by atoms with Gasteiger partial charge < -0.3 is 5.32 Å². The Morgan fingerprint density at radius 2 is 1.88 bits per heavy atom. The van der Waals surface area contributed by atoms with E-state index in [1.54, 1.807) is 0 Å². The van der Waals surface area contributed by atoms with Crippen LogP contribution in [-0.2, 0) is 4.79 Å². The number of nitrogens with one attached hydrogen (secondary N) is 2. The van der Waals surface area contributed by atoms with Crippen LogP contribution in [0.4, 0.5) is 0 Å². The van der Waals surface area contributed by atoms with E-state index in [2.05, 4.69) is 17.7 Å². The Hall–Kier alpha value is -0.450. The molecule has 1 unspecified atom stereocenters. The van der Waals surface area contributed by atoms with Gasteiger partial charge in [-0.15, -0.1) is 0 Å². The molecular formula is C12H27N3O. The Kier molecular flexibility index (Phi) is 7.55. The van der Waals surface area contributed by atoms with E-state index in [1.807, 2.05) is 20.8 Å². The maximum absolute atomic E-state index is 12.2. The van der Waals surface area contributed by atoms with E-state index in [9.17, 15) is 4.79 Å². The second kappa shape index (κ2) is 7.76. The van der Waals surface area contributed by atoms with Gasteiger partial charge in [0, 0.05) is 0 Å². The van der Waals surface area contributed by atoms with E-state index in [1.165, 1.54) is 0 Å². The van der Waals surface area contributed by atoms with Crippen LogP contribution in [0.3, 0.4) is 0 Å². The first-order chi connectivity index (χ1) is 7.57. The lowest BCUT2D eigenvalue weighted by Gasteiger charge is -2.33. The molecule has 4 nitrogen and oxygen atoms in total. The maximum Gasteiger partial charge on any atom is 0.170 e. The van der Waals surface area contributed by atoms with Crippen molar-refractivity contribution in [2.45, 2.75) is 65.0 Å². The normalized spacial score (nSPS) is 13.8. The maximum atomic E-state index is 12.2. The first-order valence-electron chi connectivity index (χ1n) is 6.33. The SMILES string of the molecule is CCCCNC(CC)(CC)C(=O)C(C)NN. The summed E-state index contributed by atoms with van der Waals surface area (Å²) in [5.41, 5.74) is 2.12. The first-order valence-corrected chi connectivity index (χ1v) is 6.33. The summed E-state index contributed by atoms with van der Waals surface area (Å²) in [7, 11) is 0. The third-order valence-corrected chi connectivity index (χ3v) is 3.32. The highest BCUT2D eigenvalue weighted by atomic mass is 16.1. The van der Waals surface area contributed by atoms with Crippen molar-refractivity contribution >= 4 is 5.78 Å². The molecule has 0 bridgehead atoms. The van der Waals surface area contributed by atoms with E-state index in [4.69, 9.17) is 5.84 Å². The second-order valence-corrected chi connectivity index (χ2v) is 4.32. The molecule has 0 aromatic heterocycles. The number of unbranched alkanes of at least 4 members (excludes halogenated alkanes) is 1. The topological polar surface area (TPSA) is 67.2 Å². The van der Waals surface area contributed by atoms with Gasteiger partial charge in [0.25, 0.3) is 0 Å². The Bertz CT molecular complexity index is 202. The van der Waals surface area contributed by atoms with E-state index >= 15 is 0 Å². The highest BCUT2D eigenvalue weighted by Crippen LogP contribution is 2.18. The summed E-state index contributed by atoms with van der Waals surface area (Å²) in [6.45, 7) is 8.94. The molecule has 96 valence electrons. The summed E-state index contributed by atoms with van der Waals surface area (Å²) >= 11 is 0. The average Bonchev–Trinajstić information content (AvgIpc) is 2.33. The molecule has 0 saturated carbocycles. The molecule has 0 aromatic carbocycles. The van der Waals surface area contributed by atoms with Gasteiger partial charge in [0.05, 0.1) is 11.6 Å². The quantitative estimate of drug-likeness (QED) is 0.317. The van der Waals surface area contributed by atoms with Gasteiger partial charge in [-0.25, -0.2) is 0 Å². The standard InChI is InChI=1S/C12H27N3O/c1-5-8-9-14-12(6-2,7-3)11(16)10(4)15-13/h10,14-15H,5-9,13H2,1-4H3. The molecule has 0 fully saturated rings. The molecule has 0 aliphatic carbocycles. The molecule has 16 heavy (non-hydrogen) atoms. The lowest BCUT2D eigenvalue weighted by Crippen LogP contribution is -2.58. The first kappa shape index (κ1) is 15.6. The van der Waals surface area contributed by atoms with Crippen LogP contribution in [0.5, 0.6) is 0 Å². The van der Waals surface area contributed by atoms with Crippen molar-refractivity contribution in [1.29, 1.82) is 0 Å². The number of rotatable bonds is 9. The van der Waals surface area contributed by atoms with E-state index in [0.717, 1.165) is 32.2 Å². The Morgan fingerprint density at radius 3 is 2.25 bits per heavy atom. The molecule has 4 heteroatoms. The Morgan fingerprint density at radius 1 is 1.31 bits per heavy atom. The highest BCUT2D eigenvalue weighted by Gasteiger charge is 2.36. The fourth-order valence-electron chi connectivity index (χ4n) is 1.93. The minimum absolute atomic E-state index is 0.163. The van der Waals surface area contributed by atoms with E-state index in [-0.39, 0.29) is 11.8 Å². The van der Waals surface area contributed by atoms with Crippen LogP contribution in [0.2, 0.25) is 0 Å². The summed E-state index contributed by atoms with van der Waals surface area (Å²) < 4.78 is 0. The number of hydrogen-bond donors (Lipinski definition) is 3. The summed E-state index contributed by atoms with van der Waals surface area (Å²) in [4.78, 5) is 12.2. The van der Waals surface area contributed by atoms with Crippen LogP contribution in [0.15, 0.2) is 0 Å². The fraction of sp³-hybridized carbons (Fsp3) is 0.917. The van der Waals surface area contributed by atoms with E-state index < -0.39 is 5.54 Å². The van der Waals surface area contributed by atoms with Crippen LogP contribution in [0.1, 0.15) is 53.4 Å². The fourth-order valence-corrected chi connectivity index (χ4v) is 1.93. The Labute approximate surface area is 99.3 Å². The largest absolute Gasteiger partial charge is 0.305 e. The van der Waals surface area contributed by atoms with Gasteiger partial charge >= 0.3 is 0 Å². The molecule has 0 aliphatic rings. The minimum Gasteiger partial charge on any atom is -0.305 e. The lowest BCUT2D eigenvalue weighted by molar-refractivity contribution is -0.127. The monoisotopic (exact) mass is 229 g/mol. The predicted molar refractivity (Wildman–Crippen MR) is 68.0 cm³/mol. The van der Waals surface area contributed by atoms with Crippen molar-refractivity contribution in [1.82, 2.24) is 10.7 Å². The molecule has 0 heterocycles. The summed E-state index contributed by atoms with van der Waals surface area (Å²) in [6, 6.07) is -0.297. The molecule has 0 aliphatic heterocycles. The van der Waals surface area contributed by atoms with Crippen molar-refractivity contribution in [3.05, 3.63) is 0 Å². The third-order valence-electron chi connectivity index (χ3n) is 3.32. The van der Waals surface area contributed by atoms with Crippen molar-refractivity contribution in [2.75, 3.05) is 6.54 Å². The summed E-state index contributed by atoms with van der Waals surface area (Å²) in [5.74, 6) is 5.50. The number of hydrazine groups is 1. The summed E-state index contributed by atoms with van der Waals surface area (Å²) in [6.07, 6.45) is 3.84. The van der Waals surface area contributed by atoms with Gasteiger partial charge in [0.1, 0.15) is 0 Å². The molecule has 0 aromatic rings. The van der Waals surface area contributed by atoms with Gasteiger partial charge in [0.15, 0.2) is 5.78 Å². The molecule has 0 rings (SSSR count). The zero-order chi connectivity index (χ0) is 12.6. The van der Waals surface area contributed by atoms with Gasteiger partial charge in [-0.05, 0) is 32.7 Å². The van der Waals surface area contributed by atoms with Crippen LogP contribution in [0, 0.1) is 0 Å². The van der Waals surface area contributed by atoms with Crippen LogP contribution >= 0.6 is 0 Å². The highest BCUT2D eigenvalue weighted by molar-refractivity contribution is 5.92. The predicted octanol–water partition coefficient (Wildman–Crippen LogP) is 1.36. The smallest absolute Gasteiger partial charge is 0.170 e. The second-order valence-electron chi connectivity index (χ2n) is 4.32. The van der Waals surface area contributed by atoms with Gasteiger partial charge in [-0.3, -0.25) is 16.1 Å². The molecule has 0 saturated heterocycles. The summed E-state index contributed by atoms with van der Waals surface area (Å²) in [5, 5.41) is 3.40. The molecular weight excluding hydrogens is 202 g/mol. The molecule has 4 N–H and O–H groups in total. The number of carbonyl (C=O) groups excluding carboxylic acids is 1. The van der Waals surface area contributed by atoms with Gasteiger partial charge in [-0.2, -0.15) is 0 Å². The number of hydrogen-bond acceptors (Lipinski definition) is 4. The van der Waals surface area contributed by atoms with Gasteiger partial charge in [0.2, 0.25) is 0 Å². The lowest BCUT2D eigenvalue weighted by atomic mass is 9.84. The Balaban J connectivity index is 4.59. The minimum atomic E-state index is -0.416. The number of Topliss-reactive ketones (excluding diaryl/α,β-unsaturated/α-hetero) is 1. The zero-order valence-electron chi connectivity index (χ0n) is 11.1. The zero-order valence-corrected chi connectivity index (χ0v) is 11.1. The molecule has 0 radical (unpaired) electrons. The van der Waals surface area contributed by atoms with Crippen molar-refractivity contribution in [3.63, 3.8) is 0 Å². The van der Waals surface area contributed by atoms with Gasteiger partial charge in [-0.1, -0.05) is 27.2 Å². The number of nitrogens with two attached hydrogens (primary N) is 1. The molecule has 1 atom stereocenters. The number of ketones is 1. The van der Waals surface area contributed by atoms with Crippen LogP contribution < -0.4 is 16.6 Å². The average molecular weight is 229 g/mol. The van der Waals surface area contributed by atoms with Crippen LogP contribution in [-0.4, -0.2) is 23.9 Å². The van der Waals surface area contributed by atoms with Crippen molar-refractivity contribution in [3.8, 4) is 0 Å².